The summed E-state index contributed by atoms with van der Waals surface area (Å²) < 4.78 is 9.73. The van der Waals surface area contributed by atoms with Crippen molar-refractivity contribution in [3.05, 3.63) is 10.4 Å². The minimum absolute atomic E-state index is 0.567. The molecule has 3 N–H and O–H groups in total. The fourth-order valence-electron chi connectivity index (χ4n) is 1.53. The van der Waals surface area contributed by atoms with Gasteiger partial charge >= 0.3 is 5.97 Å². The predicted octanol–water partition coefficient (Wildman–Crippen LogP) is -1.33. The number of hydrogen-bond acceptors (Lipinski definition) is 7. The number of carbonyl (C=O) groups is 1. The molecule has 5 atom stereocenters. The molecule has 9 heteroatoms. The first kappa shape index (κ1) is 13.7. The van der Waals surface area contributed by atoms with Gasteiger partial charge in [-0.1, -0.05) is 5.11 Å². The summed E-state index contributed by atoms with van der Waals surface area (Å²) in [4.78, 5) is 13.3. The van der Waals surface area contributed by atoms with E-state index in [-0.39, 0.29) is 0 Å². The van der Waals surface area contributed by atoms with E-state index in [4.69, 9.17) is 20.1 Å². The lowest BCUT2D eigenvalue weighted by molar-refractivity contribution is -0.236. The van der Waals surface area contributed by atoms with Crippen molar-refractivity contribution in [1.29, 1.82) is 0 Å². The number of ether oxygens (including phenoxy) is 2. The van der Waals surface area contributed by atoms with Gasteiger partial charge in [0.05, 0.1) is 6.61 Å². The van der Waals surface area contributed by atoms with Crippen molar-refractivity contribution >= 4 is 5.97 Å². The van der Waals surface area contributed by atoms with Crippen molar-refractivity contribution in [2.75, 3.05) is 6.61 Å². The topological polar surface area (TPSA) is 145 Å². The fraction of sp³-hybridized carbons (Fsp3) is 0.875. The van der Waals surface area contributed by atoms with Crippen molar-refractivity contribution < 1.29 is 29.6 Å². The molecule has 0 radical (unpaired) electrons. The summed E-state index contributed by atoms with van der Waals surface area (Å²) in [6, 6.07) is 0. The zero-order chi connectivity index (χ0) is 13.0. The van der Waals surface area contributed by atoms with E-state index < -0.39 is 43.2 Å². The second-order valence-corrected chi connectivity index (χ2v) is 3.51. The minimum atomic E-state index is -1.50. The predicted molar refractivity (Wildman–Crippen MR) is 52.5 cm³/mol. The maximum absolute atomic E-state index is 10.8. The van der Waals surface area contributed by atoms with Crippen LogP contribution in [0.4, 0.5) is 0 Å². The lowest BCUT2D eigenvalue weighted by Crippen LogP contribution is -2.59. The van der Waals surface area contributed by atoms with Crippen LogP contribution in [0, 0.1) is 0 Å². The number of esters is 1. The SMILES string of the molecule is CC(=O)O[C@@H]1[C@@H](O)[C@@H](O)[C@@H](CO)O[C@H]1N=[N+]=[N-]. The van der Waals surface area contributed by atoms with Crippen LogP contribution in [0.1, 0.15) is 6.92 Å². The number of carbonyl (C=O) groups excluding carboxylic acids is 1. The number of hydrogen-bond donors (Lipinski definition) is 3. The van der Waals surface area contributed by atoms with E-state index in [2.05, 4.69) is 10.0 Å². The average molecular weight is 247 g/mol. The summed E-state index contributed by atoms with van der Waals surface area (Å²) in [6.07, 6.45) is -6.64. The molecule has 0 aromatic heterocycles. The van der Waals surface area contributed by atoms with Crippen molar-refractivity contribution in [3.63, 3.8) is 0 Å². The molecule has 0 spiro atoms. The van der Waals surface area contributed by atoms with E-state index in [1.54, 1.807) is 0 Å². The van der Waals surface area contributed by atoms with Gasteiger partial charge in [-0.25, -0.2) is 0 Å². The third kappa shape index (κ3) is 3.05. The third-order valence-corrected chi connectivity index (χ3v) is 2.31. The summed E-state index contributed by atoms with van der Waals surface area (Å²) in [5, 5.41) is 31.3. The molecule has 1 aliphatic rings. The highest BCUT2D eigenvalue weighted by molar-refractivity contribution is 5.66. The van der Waals surface area contributed by atoms with Crippen molar-refractivity contribution in [1.82, 2.24) is 0 Å². The number of aliphatic hydroxyl groups excluding tert-OH is 3. The number of aliphatic hydroxyl groups is 3. The van der Waals surface area contributed by atoms with Crippen LogP contribution in [0.25, 0.3) is 10.4 Å². The van der Waals surface area contributed by atoms with Gasteiger partial charge in [-0.3, -0.25) is 4.79 Å². The van der Waals surface area contributed by atoms with E-state index in [9.17, 15) is 15.0 Å². The molecule has 0 aliphatic carbocycles. The molecule has 1 aliphatic heterocycles. The maximum Gasteiger partial charge on any atom is 0.303 e. The van der Waals surface area contributed by atoms with Crippen molar-refractivity contribution in [2.45, 2.75) is 37.6 Å². The quantitative estimate of drug-likeness (QED) is 0.244. The first-order valence-corrected chi connectivity index (χ1v) is 4.85. The zero-order valence-corrected chi connectivity index (χ0v) is 9.00. The van der Waals surface area contributed by atoms with Crippen LogP contribution in [-0.2, 0) is 14.3 Å². The number of rotatable bonds is 3. The van der Waals surface area contributed by atoms with Crippen LogP contribution < -0.4 is 0 Å². The Kier molecular flexibility index (Phi) is 4.67. The van der Waals surface area contributed by atoms with Gasteiger partial charge in [0.25, 0.3) is 0 Å². The van der Waals surface area contributed by atoms with Crippen LogP contribution in [0.3, 0.4) is 0 Å². The van der Waals surface area contributed by atoms with Crippen LogP contribution in [0.2, 0.25) is 0 Å². The summed E-state index contributed by atoms with van der Waals surface area (Å²) in [5.74, 6) is -0.717. The number of azide groups is 1. The summed E-state index contributed by atoms with van der Waals surface area (Å²) >= 11 is 0. The van der Waals surface area contributed by atoms with Gasteiger partial charge in [-0.05, 0) is 5.53 Å². The van der Waals surface area contributed by atoms with E-state index in [0.29, 0.717) is 0 Å². The second kappa shape index (κ2) is 5.80. The molecule has 1 rings (SSSR count). The highest BCUT2D eigenvalue weighted by Crippen LogP contribution is 2.24. The highest BCUT2D eigenvalue weighted by Gasteiger charge is 2.45. The van der Waals surface area contributed by atoms with E-state index in [1.807, 2.05) is 0 Å². The Balaban J connectivity index is 2.90. The molecule has 0 aromatic rings. The molecule has 96 valence electrons. The fourth-order valence-corrected chi connectivity index (χ4v) is 1.53. The van der Waals surface area contributed by atoms with E-state index >= 15 is 0 Å². The Morgan fingerprint density at radius 3 is 2.65 bits per heavy atom. The van der Waals surface area contributed by atoms with Crippen LogP contribution in [0.15, 0.2) is 5.11 Å². The maximum atomic E-state index is 10.8. The zero-order valence-electron chi connectivity index (χ0n) is 9.00. The standard InChI is InChI=1S/C8H13N3O6/c1-3(13)16-7-6(15)5(14)4(2-12)17-8(7)10-11-9/h4-8,12,14-15H,2H2,1H3/t4-,5+,6+,7-,8-/m1/s1. The lowest BCUT2D eigenvalue weighted by atomic mass is 9.98. The van der Waals surface area contributed by atoms with Gasteiger partial charge in [-0.15, -0.1) is 0 Å². The van der Waals surface area contributed by atoms with Gasteiger partial charge in [-0.2, -0.15) is 0 Å². The first-order chi connectivity index (χ1) is 8.01. The molecule has 0 unspecified atom stereocenters. The molecule has 1 saturated heterocycles. The Morgan fingerprint density at radius 2 is 2.18 bits per heavy atom. The Labute approximate surface area is 96.2 Å². The Morgan fingerprint density at radius 1 is 1.53 bits per heavy atom. The van der Waals surface area contributed by atoms with Gasteiger partial charge in [0, 0.05) is 11.8 Å². The minimum Gasteiger partial charge on any atom is -0.457 e. The molecule has 0 amide bonds. The number of nitrogens with zero attached hydrogens (tertiary/aromatic N) is 3. The van der Waals surface area contributed by atoms with Crippen molar-refractivity contribution in [2.24, 2.45) is 5.11 Å². The first-order valence-electron chi connectivity index (χ1n) is 4.85. The Hall–Kier alpha value is -1.38. The molecular formula is C8H13N3O6. The third-order valence-electron chi connectivity index (χ3n) is 2.31. The van der Waals surface area contributed by atoms with Crippen LogP contribution >= 0.6 is 0 Å². The highest BCUT2D eigenvalue weighted by atomic mass is 16.6. The molecule has 9 nitrogen and oxygen atoms in total. The molecule has 0 aromatic carbocycles. The monoisotopic (exact) mass is 247 g/mol. The van der Waals surface area contributed by atoms with Crippen molar-refractivity contribution in [3.8, 4) is 0 Å². The second-order valence-electron chi connectivity index (χ2n) is 3.51. The van der Waals surface area contributed by atoms with E-state index in [0.717, 1.165) is 6.92 Å². The van der Waals surface area contributed by atoms with Crippen LogP contribution in [0.5, 0.6) is 0 Å². The molecule has 17 heavy (non-hydrogen) atoms. The van der Waals surface area contributed by atoms with Gasteiger partial charge in [0.15, 0.2) is 12.3 Å². The van der Waals surface area contributed by atoms with Gasteiger partial charge in [0.2, 0.25) is 0 Å². The molecule has 1 heterocycles. The smallest absolute Gasteiger partial charge is 0.303 e. The lowest BCUT2D eigenvalue weighted by Gasteiger charge is -2.39. The van der Waals surface area contributed by atoms with Gasteiger partial charge < -0.3 is 24.8 Å². The Bertz CT molecular complexity index is 331. The summed E-state index contributed by atoms with van der Waals surface area (Å²) in [7, 11) is 0. The average Bonchev–Trinajstić information content (AvgIpc) is 2.28. The molecular weight excluding hydrogens is 234 g/mol. The summed E-state index contributed by atoms with van der Waals surface area (Å²) in [6.45, 7) is 0.535. The largest absolute Gasteiger partial charge is 0.457 e. The van der Waals surface area contributed by atoms with Gasteiger partial charge in [0.1, 0.15) is 18.3 Å². The summed E-state index contributed by atoms with van der Waals surface area (Å²) in [5.41, 5.74) is 8.31. The molecule has 1 fully saturated rings. The van der Waals surface area contributed by atoms with E-state index in [1.165, 1.54) is 0 Å². The van der Waals surface area contributed by atoms with Crippen LogP contribution in [-0.4, -0.2) is 58.5 Å². The molecule has 0 saturated carbocycles. The molecule has 0 bridgehead atoms. The normalized spacial score (nSPS) is 37.1.